The highest BCUT2D eigenvalue weighted by atomic mass is 31.1. The zero-order chi connectivity index (χ0) is 27.6. The molecule has 0 bridgehead atoms. The van der Waals surface area contributed by atoms with Gasteiger partial charge in [0.1, 0.15) is 17.1 Å². The number of methoxy groups -OCH3 is 2. The van der Waals surface area contributed by atoms with E-state index in [1.807, 2.05) is 19.4 Å². The van der Waals surface area contributed by atoms with E-state index in [0.29, 0.717) is 54.7 Å². The van der Waals surface area contributed by atoms with E-state index in [-0.39, 0.29) is 24.6 Å². The topological polar surface area (TPSA) is 105 Å². The molecule has 0 saturated heterocycles. The molecule has 1 atom stereocenters. The summed E-state index contributed by atoms with van der Waals surface area (Å²) in [7, 11) is 2.93. The lowest BCUT2D eigenvalue weighted by Gasteiger charge is -2.37. The number of carbonyl (C=O) groups is 1. The molecular weight excluding hydrogens is 515 g/mol. The van der Waals surface area contributed by atoms with Gasteiger partial charge < -0.3 is 19.4 Å². The Morgan fingerprint density at radius 1 is 1.21 bits per heavy atom. The van der Waals surface area contributed by atoms with Crippen LogP contribution in [0.1, 0.15) is 36.6 Å². The summed E-state index contributed by atoms with van der Waals surface area (Å²) in [5.41, 5.74) is 2.43. The lowest BCUT2D eigenvalue weighted by Crippen LogP contribution is -2.48. The number of urea groups is 1. The second-order valence-corrected chi connectivity index (χ2v) is 9.39. The minimum Gasteiger partial charge on any atom is -0.493 e. The lowest BCUT2D eigenvalue weighted by molar-refractivity contribution is 0.249. The van der Waals surface area contributed by atoms with Gasteiger partial charge in [0.05, 0.1) is 38.7 Å². The van der Waals surface area contributed by atoms with E-state index in [1.165, 1.54) is 19.1 Å². The van der Waals surface area contributed by atoms with E-state index < -0.39 is 23.4 Å². The molecule has 12 heteroatoms. The van der Waals surface area contributed by atoms with E-state index in [9.17, 15) is 4.79 Å². The first-order chi connectivity index (χ1) is 18.2. The molecule has 1 aliphatic heterocycles. The Morgan fingerprint density at radius 3 is 2.45 bits per heavy atom. The first-order valence-electron chi connectivity index (χ1n) is 11.8. The third kappa shape index (κ3) is 4.98. The zero-order valence-electron chi connectivity index (χ0n) is 21.7. The second-order valence-electron chi connectivity index (χ2n) is 8.52. The van der Waals surface area contributed by atoms with Crippen LogP contribution in [-0.4, -0.2) is 42.8 Å². The van der Waals surface area contributed by atoms with E-state index in [2.05, 4.69) is 10.1 Å². The van der Waals surface area contributed by atoms with Crippen molar-refractivity contribution in [3.63, 3.8) is 0 Å². The predicted octanol–water partition coefficient (Wildman–Crippen LogP) is 5.76. The molecule has 3 heterocycles. The highest BCUT2D eigenvalue weighted by Crippen LogP contribution is 2.41. The Kier molecular flexibility index (Phi) is 8.06. The van der Waals surface area contributed by atoms with Gasteiger partial charge in [-0.1, -0.05) is 17.9 Å². The zero-order valence-corrected chi connectivity index (χ0v) is 22.7. The first-order valence-corrected chi connectivity index (χ1v) is 13.4. The molecule has 4 rings (SSSR count). The van der Waals surface area contributed by atoms with Gasteiger partial charge in [0.25, 0.3) is 0 Å². The summed E-state index contributed by atoms with van der Waals surface area (Å²) in [5.74, 6) is -0.0437. The molecule has 0 radical (unpaired) electrons. The van der Waals surface area contributed by atoms with Gasteiger partial charge in [0, 0.05) is 41.6 Å². The maximum atomic E-state index is 15.4. The number of halogens is 2. The third-order valence-corrected chi connectivity index (χ3v) is 6.69. The summed E-state index contributed by atoms with van der Waals surface area (Å²) >= 11 is 0. The molecule has 38 heavy (non-hydrogen) atoms. The van der Waals surface area contributed by atoms with Crippen molar-refractivity contribution < 1.29 is 27.6 Å². The molecule has 0 aliphatic carbocycles. The number of benzene rings is 1. The Labute approximate surface area is 220 Å². The standard InChI is InChI=1S/C26H28F2N5O4P/c1-6-17-7-16(31-37-17)12-32-20-8-19(18(13-38-5)14(2)29)30-10-15(20)11-33(26(32)34)25-23(27)21(35-3)9-22(36-4)24(25)28/h7-10,13,29,38H,6,11-12H2,1-5H3/b18-13+,29-14?. The summed E-state index contributed by atoms with van der Waals surface area (Å²) in [6, 6.07) is 3.85. The number of fused-ring (bicyclic) bond motifs is 1. The monoisotopic (exact) mass is 543 g/mol. The average molecular weight is 544 g/mol. The summed E-state index contributed by atoms with van der Waals surface area (Å²) in [6.45, 7) is 5.39. The molecule has 9 nitrogen and oxygen atoms in total. The minimum atomic E-state index is -1.03. The summed E-state index contributed by atoms with van der Waals surface area (Å²) in [6.07, 6.45) is 2.17. The van der Waals surface area contributed by atoms with Gasteiger partial charge in [-0.15, -0.1) is 8.58 Å². The molecule has 0 saturated carbocycles. The van der Waals surface area contributed by atoms with Gasteiger partial charge in [0.2, 0.25) is 0 Å². The number of aromatic nitrogens is 2. The number of aryl methyl sites for hydroxylation is 1. The van der Waals surface area contributed by atoms with Gasteiger partial charge in [-0.25, -0.2) is 13.6 Å². The summed E-state index contributed by atoms with van der Waals surface area (Å²) in [4.78, 5) is 20.8. The van der Waals surface area contributed by atoms with Crippen LogP contribution >= 0.6 is 8.58 Å². The van der Waals surface area contributed by atoms with Gasteiger partial charge in [-0.05, 0) is 19.7 Å². The van der Waals surface area contributed by atoms with E-state index in [0.717, 1.165) is 11.0 Å². The van der Waals surface area contributed by atoms with E-state index >= 15 is 8.78 Å². The summed E-state index contributed by atoms with van der Waals surface area (Å²) < 4.78 is 46.3. The molecule has 200 valence electrons. The number of anilines is 2. The number of nitrogens with one attached hydrogen (secondary N) is 1. The van der Waals surface area contributed by atoms with Crippen LogP contribution in [0.2, 0.25) is 0 Å². The number of hydrogen-bond donors (Lipinski definition) is 1. The fourth-order valence-electron chi connectivity index (χ4n) is 4.19. The van der Waals surface area contributed by atoms with Crippen LogP contribution in [0.4, 0.5) is 25.0 Å². The third-order valence-electron chi connectivity index (χ3n) is 6.11. The Bertz CT molecular complexity index is 1400. The summed E-state index contributed by atoms with van der Waals surface area (Å²) in [5, 5.41) is 12.2. The van der Waals surface area contributed by atoms with Crippen molar-refractivity contribution in [2.24, 2.45) is 0 Å². The molecular formula is C26H28F2N5O4P. The van der Waals surface area contributed by atoms with Crippen LogP contribution in [0.5, 0.6) is 11.5 Å². The van der Waals surface area contributed by atoms with Crippen LogP contribution in [0.25, 0.3) is 5.57 Å². The van der Waals surface area contributed by atoms with Crippen LogP contribution < -0.4 is 19.3 Å². The van der Waals surface area contributed by atoms with Crippen molar-refractivity contribution in [1.29, 1.82) is 5.41 Å². The van der Waals surface area contributed by atoms with Crippen molar-refractivity contribution in [1.82, 2.24) is 10.1 Å². The first kappa shape index (κ1) is 27.2. The van der Waals surface area contributed by atoms with Gasteiger partial charge in [0.15, 0.2) is 23.1 Å². The predicted molar refractivity (Wildman–Crippen MR) is 143 cm³/mol. The van der Waals surface area contributed by atoms with Crippen LogP contribution in [-0.2, 0) is 19.5 Å². The molecule has 2 aromatic heterocycles. The van der Waals surface area contributed by atoms with E-state index in [4.69, 9.17) is 19.4 Å². The molecule has 1 aliphatic rings. The van der Waals surface area contributed by atoms with Crippen molar-refractivity contribution >= 4 is 37.3 Å². The second kappa shape index (κ2) is 11.3. The molecule has 0 spiro atoms. The molecule has 1 aromatic carbocycles. The maximum Gasteiger partial charge on any atom is 0.329 e. The minimum absolute atomic E-state index is 0.0161. The maximum absolute atomic E-state index is 15.4. The normalized spacial score (nSPS) is 13.9. The number of nitrogens with zero attached hydrogens (tertiary/aromatic N) is 4. The number of ether oxygens (including phenoxy) is 2. The molecule has 3 aromatic rings. The smallest absolute Gasteiger partial charge is 0.329 e. The quantitative estimate of drug-likeness (QED) is 0.272. The fourth-order valence-corrected chi connectivity index (χ4v) is 4.85. The van der Waals surface area contributed by atoms with Crippen LogP contribution in [0.3, 0.4) is 0 Å². The Balaban J connectivity index is 1.89. The Morgan fingerprint density at radius 2 is 1.89 bits per heavy atom. The largest absolute Gasteiger partial charge is 0.493 e. The average Bonchev–Trinajstić information content (AvgIpc) is 3.37. The molecule has 0 fully saturated rings. The SMILES string of the molecule is CCc1cc(CN2C(=O)N(c3c(F)c(OC)cc(OC)c3F)Cc3cnc(/C(=C/PC)C(C)=N)cc32)no1. The van der Waals surface area contributed by atoms with Crippen molar-refractivity contribution in [3.05, 3.63) is 64.6 Å². The van der Waals surface area contributed by atoms with Crippen LogP contribution in [0, 0.1) is 17.0 Å². The molecule has 1 N–H and O–H groups in total. The number of pyridine rings is 1. The van der Waals surface area contributed by atoms with Crippen molar-refractivity contribution in [3.8, 4) is 11.5 Å². The number of hydrogen-bond acceptors (Lipinski definition) is 7. The van der Waals surface area contributed by atoms with E-state index in [1.54, 1.807) is 25.3 Å². The lowest BCUT2D eigenvalue weighted by atomic mass is 10.0. The van der Waals surface area contributed by atoms with Gasteiger partial charge in [-0.2, -0.15) is 0 Å². The highest BCUT2D eigenvalue weighted by Gasteiger charge is 2.37. The fraction of sp³-hybridized carbons (Fsp3) is 0.308. The van der Waals surface area contributed by atoms with Gasteiger partial charge >= 0.3 is 6.03 Å². The number of amides is 2. The number of rotatable bonds is 9. The van der Waals surface area contributed by atoms with Crippen LogP contribution in [0.15, 0.2) is 34.7 Å². The highest BCUT2D eigenvalue weighted by molar-refractivity contribution is 7.41. The number of allylic oxidation sites excluding steroid dienone is 1. The molecule has 1 unspecified atom stereocenters. The van der Waals surface area contributed by atoms with Crippen molar-refractivity contribution in [2.75, 3.05) is 30.7 Å². The number of carbonyl (C=O) groups excluding carboxylic acids is 1. The Hall–Kier alpha value is -3.85. The van der Waals surface area contributed by atoms with Gasteiger partial charge in [-0.3, -0.25) is 14.8 Å². The molecule has 2 amide bonds. The van der Waals surface area contributed by atoms with Crippen molar-refractivity contribution in [2.45, 2.75) is 33.4 Å².